The number of aryl methyl sites for hydroxylation is 1. The number of nitrogens with two attached hydrogens (primary N) is 1. The summed E-state index contributed by atoms with van der Waals surface area (Å²) in [4.78, 5) is 17.0. The molecule has 0 unspecified atom stereocenters. The number of imidazole rings is 1. The molecule has 0 bridgehead atoms. The first-order chi connectivity index (χ1) is 11.2. The van der Waals surface area contributed by atoms with E-state index in [1.165, 1.54) is 32.3 Å². The molecule has 2 heterocycles. The van der Waals surface area contributed by atoms with E-state index < -0.39 is 0 Å². The molecule has 0 saturated carbocycles. The fourth-order valence-corrected chi connectivity index (χ4v) is 4.36. The number of nitrogen functional groups attached to an aromatic ring is 1. The average molecular weight is 435 g/mol. The summed E-state index contributed by atoms with van der Waals surface area (Å²) in [5.74, 6) is 0.425. The van der Waals surface area contributed by atoms with E-state index in [1.807, 2.05) is 0 Å². The van der Waals surface area contributed by atoms with Gasteiger partial charge in [-0.3, -0.25) is 0 Å². The van der Waals surface area contributed by atoms with Crippen LogP contribution in [-0.4, -0.2) is 19.9 Å². The number of aromatic amines is 1. The van der Waals surface area contributed by atoms with E-state index in [0.717, 1.165) is 18.0 Å². The van der Waals surface area contributed by atoms with Gasteiger partial charge in [0.25, 0.3) is 0 Å². The number of benzene rings is 1. The average Bonchev–Trinajstić information content (AvgIpc) is 2.81. The van der Waals surface area contributed by atoms with Crippen molar-refractivity contribution in [3.63, 3.8) is 0 Å². The van der Waals surface area contributed by atoms with Crippen LogP contribution in [0.5, 0.6) is 0 Å². The Balaban J connectivity index is 1.72. The van der Waals surface area contributed by atoms with Gasteiger partial charge in [0.05, 0.1) is 0 Å². The second-order valence-corrected chi connectivity index (χ2v) is 7.57. The van der Waals surface area contributed by atoms with Crippen LogP contribution in [0.3, 0.4) is 0 Å². The number of nitrogens with zero attached hydrogens (tertiary/aromatic N) is 3. The number of halogens is 1. The van der Waals surface area contributed by atoms with E-state index in [-0.39, 0.29) is 0 Å². The molecular weight excluding hydrogens is 421 g/mol. The van der Waals surface area contributed by atoms with Crippen LogP contribution >= 0.6 is 34.4 Å². The van der Waals surface area contributed by atoms with Gasteiger partial charge in [0.1, 0.15) is 11.8 Å². The van der Waals surface area contributed by atoms with Gasteiger partial charge in [-0.15, -0.1) is 0 Å². The highest BCUT2D eigenvalue weighted by Gasteiger charge is 2.13. The Hall–Kier alpha value is -1.61. The van der Waals surface area contributed by atoms with E-state index in [2.05, 4.69) is 66.8 Å². The third kappa shape index (κ3) is 2.94. The number of nitrogens with one attached hydrogen (secondary N) is 1. The van der Waals surface area contributed by atoms with Crippen LogP contribution in [0.25, 0.3) is 17.2 Å². The molecule has 116 valence electrons. The molecule has 4 rings (SSSR count). The molecule has 1 aliphatic carbocycles. The highest BCUT2D eigenvalue weighted by atomic mass is 127. The minimum absolute atomic E-state index is 0.425. The molecule has 0 atom stereocenters. The molecule has 1 aliphatic rings. The molecule has 7 heteroatoms. The molecule has 3 N–H and O–H groups in total. The molecule has 3 aromatic rings. The Labute approximate surface area is 151 Å². The summed E-state index contributed by atoms with van der Waals surface area (Å²) < 4.78 is 1.24. The maximum atomic E-state index is 5.86. The van der Waals surface area contributed by atoms with Gasteiger partial charge in [-0.05, 0) is 65.1 Å². The summed E-state index contributed by atoms with van der Waals surface area (Å²) in [6, 6.07) is 4.52. The third-order valence-electron chi connectivity index (χ3n) is 3.81. The normalized spacial score (nSPS) is 14.0. The van der Waals surface area contributed by atoms with Gasteiger partial charge < -0.3 is 10.7 Å². The number of rotatable bonds is 2. The number of H-pyrrole nitrogens is 1. The van der Waals surface area contributed by atoms with Crippen LogP contribution in [0.2, 0.25) is 0 Å². The lowest BCUT2D eigenvalue weighted by atomic mass is 10.0. The Morgan fingerprint density at radius 3 is 3.04 bits per heavy atom. The highest BCUT2D eigenvalue weighted by Crippen LogP contribution is 2.34. The Morgan fingerprint density at radius 1 is 1.26 bits per heavy atom. The highest BCUT2D eigenvalue weighted by molar-refractivity contribution is 14.1. The smallest absolute Gasteiger partial charge is 0.183 e. The van der Waals surface area contributed by atoms with Crippen molar-refractivity contribution in [3.8, 4) is 0 Å². The van der Waals surface area contributed by atoms with Crippen molar-refractivity contribution < 1.29 is 0 Å². The minimum atomic E-state index is 0.425. The van der Waals surface area contributed by atoms with Crippen LogP contribution in [-0.2, 0) is 6.42 Å². The van der Waals surface area contributed by atoms with Gasteiger partial charge in [0.2, 0.25) is 0 Å². The van der Waals surface area contributed by atoms with Crippen molar-refractivity contribution in [3.05, 3.63) is 39.2 Å². The summed E-state index contributed by atoms with van der Waals surface area (Å²) in [6.45, 7) is 0. The maximum Gasteiger partial charge on any atom is 0.183 e. The van der Waals surface area contributed by atoms with Gasteiger partial charge >= 0.3 is 0 Å². The first-order valence-corrected chi connectivity index (χ1v) is 9.23. The van der Waals surface area contributed by atoms with Gasteiger partial charge in [0, 0.05) is 8.47 Å². The van der Waals surface area contributed by atoms with E-state index in [9.17, 15) is 0 Å². The van der Waals surface area contributed by atoms with Crippen LogP contribution in [0.4, 0.5) is 5.82 Å². The maximum absolute atomic E-state index is 5.86. The lowest BCUT2D eigenvalue weighted by Crippen LogP contribution is -1.92. The number of fused-ring (bicyclic) bond motifs is 2. The molecular formula is C16H14IN5S. The van der Waals surface area contributed by atoms with Crippen LogP contribution in [0.15, 0.2) is 34.6 Å². The first-order valence-electron chi connectivity index (χ1n) is 7.34. The number of anilines is 1. The minimum Gasteiger partial charge on any atom is -0.382 e. The largest absolute Gasteiger partial charge is 0.382 e. The van der Waals surface area contributed by atoms with E-state index in [4.69, 9.17) is 5.73 Å². The van der Waals surface area contributed by atoms with Gasteiger partial charge in [-0.1, -0.05) is 23.9 Å². The van der Waals surface area contributed by atoms with Crippen LogP contribution < -0.4 is 5.73 Å². The van der Waals surface area contributed by atoms with Crippen LogP contribution in [0.1, 0.15) is 24.0 Å². The van der Waals surface area contributed by atoms with Crippen molar-refractivity contribution >= 4 is 57.4 Å². The molecule has 23 heavy (non-hydrogen) atoms. The van der Waals surface area contributed by atoms with E-state index in [1.54, 1.807) is 11.8 Å². The standard InChI is InChI=1S/C16H14IN5S/c17-11-6-9-4-2-1-3-5-10(9)7-12(11)23-16-21-13-14(18)19-8-20-15(13)22-16/h3,5-8H,1-2,4H2,(H3,18,19,20,21,22). The van der Waals surface area contributed by atoms with Crippen molar-refractivity contribution in [1.82, 2.24) is 19.9 Å². The number of hydrogen-bond donors (Lipinski definition) is 2. The topological polar surface area (TPSA) is 80.5 Å². The summed E-state index contributed by atoms with van der Waals surface area (Å²) in [7, 11) is 0. The van der Waals surface area contributed by atoms with E-state index in [0.29, 0.717) is 17.0 Å². The lowest BCUT2D eigenvalue weighted by molar-refractivity contribution is 0.850. The third-order valence-corrected chi connectivity index (χ3v) is 6.01. The number of allylic oxidation sites excluding steroid dienone is 1. The van der Waals surface area contributed by atoms with Gasteiger partial charge in [0.15, 0.2) is 16.6 Å². The molecule has 0 fully saturated rings. The second kappa shape index (κ2) is 6.12. The first kappa shape index (κ1) is 14.9. The summed E-state index contributed by atoms with van der Waals surface area (Å²) in [6.07, 6.45) is 9.42. The molecule has 0 amide bonds. The fraction of sp³-hybridized carbons (Fsp3) is 0.188. The molecule has 1 aromatic carbocycles. The predicted octanol–water partition coefficient (Wildman–Crippen LogP) is 4.04. The number of aromatic nitrogens is 4. The molecule has 0 saturated heterocycles. The molecule has 0 radical (unpaired) electrons. The molecule has 2 aromatic heterocycles. The Bertz CT molecular complexity index is 918. The Morgan fingerprint density at radius 2 is 2.17 bits per heavy atom. The monoisotopic (exact) mass is 435 g/mol. The quantitative estimate of drug-likeness (QED) is 0.594. The van der Waals surface area contributed by atoms with Crippen molar-refractivity contribution in [2.45, 2.75) is 29.3 Å². The van der Waals surface area contributed by atoms with Crippen LogP contribution in [0, 0.1) is 3.57 Å². The van der Waals surface area contributed by atoms with Crippen molar-refractivity contribution in [2.24, 2.45) is 0 Å². The zero-order chi connectivity index (χ0) is 15.8. The second-order valence-electron chi connectivity index (χ2n) is 5.38. The zero-order valence-corrected chi connectivity index (χ0v) is 15.2. The zero-order valence-electron chi connectivity index (χ0n) is 12.2. The summed E-state index contributed by atoms with van der Waals surface area (Å²) in [5.41, 5.74) is 9.88. The number of hydrogen-bond acceptors (Lipinski definition) is 5. The fourth-order valence-electron chi connectivity index (χ4n) is 2.66. The van der Waals surface area contributed by atoms with Gasteiger partial charge in [-0.25, -0.2) is 15.0 Å². The summed E-state index contributed by atoms with van der Waals surface area (Å²) in [5, 5.41) is 0.780. The van der Waals surface area contributed by atoms with Gasteiger partial charge in [-0.2, -0.15) is 0 Å². The molecule has 0 aliphatic heterocycles. The van der Waals surface area contributed by atoms with E-state index >= 15 is 0 Å². The Kier molecular flexibility index (Phi) is 3.98. The SMILES string of the molecule is Nc1ncnc2nc(Sc3cc4c(cc3I)CCCC=C4)[nH]c12. The molecule has 5 nitrogen and oxygen atoms in total. The predicted molar refractivity (Wildman–Crippen MR) is 101 cm³/mol. The summed E-state index contributed by atoms with van der Waals surface area (Å²) >= 11 is 3.99. The molecule has 0 spiro atoms. The van der Waals surface area contributed by atoms with Crippen molar-refractivity contribution in [1.29, 1.82) is 0 Å². The lowest BCUT2D eigenvalue weighted by Gasteiger charge is -2.09. The van der Waals surface area contributed by atoms with Crippen molar-refractivity contribution in [2.75, 3.05) is 5.73 Å².